The molecule has 4 heteroatoms. The second kappa shape index (κ2) is 5.64. The van der Waals surface area contributed by atoms with Crippen LogP contribution in [0.15, 0.2) is 0 Å². The summed E-state index contributed by atoms with van der Waals surface area (Å²) in [6.07, 6.45) is 4.30. The van der Waals surface area contributed by atoms with Crippen molar-refractivity contribution in [2.24, 2.45) is 11.1 Å². The molecule has 1 fully saturated rings. The molecule has 0 aromatic rings. The van der Waals surface area contributed by atoms with Crippen LogP contribution in [0.1, 0.15) is 46.0 Å². The number of hydrogen-bond acceptors (Lipinski definition) is 4. The van der Waals surface area contributed by atoms with Gasteiger partial charge in [-0.25, -0.2) is 0 Å². The van der Waals surface area contributed by atoms with Crippen LogP contribution in [0.3, 0.4) is 0 Å². The first kappa shape index (κ1) is 13.5. The third kappa shape index (κ3) is 4.10. The van der Waals surface area contributed by atoms with Crippen LogP contribution in [0, 0.1) is 5.41 Å². The normalized spacial score (nSPS) is 22.8. The van der Waals surface area contributed by atoms with Gasteiger partial charge in [-0.15, -0.1) is 0 Å². The lowest BCUT2D eigenvalue weighted by molar-refractivity contribution is -0.153. The van der Waals surface area contributed by atoms with E-state index in [1.807, 2.05) is 0 Å². The molecule has 1 aliphatic carbocycles. The Bertz CT molecular complexity index is 230. The second-order valence-electron chi connectivity index (χ2n) is 5.42. The molecule has 1 atom stereocenters. The van der Waals surface area contributed by atoms with Crippen molar-refractivity contribution in [2.45, 2.75) is 58.1 Å². The Morgan fingerprint density at radius 2 is 2.06 bits per heavy atom. The van der Waals surface area contributed by atoms with Gasteiger partial charge in [0.1, 0.15) is 12.1 Å². The van der Waals surface area contributed by atoms with Crippen molar-refractivity contribution in [3.63, 3.8) is 0 Å². The highest BCUT2D eigenvalue weighted by Gasteiger charge is 2.29. The third-order valence-corrected chi connectivity index (χ3v) is 3.31. The molecule has 0 spiro atoms. The highest BCUT2D eigenvalue weighted by Crippen LogP contribution is 2.36. The van der Waals surface area contributed by atoms with E-state index in [9.17, 15) is 4.79 Å². The summed E-state index contributed by atoms with van der Waals surface area (Å²) in [5, 5.41) is 8.67. The summed E-state index contributed by atoms with van der Waals surface area (Å²) < 4.78 is 5.32. The smallest absolute Gasteiger partial charge is 0.323 e. The minimum absolute atomic E-state index is 0.0188. The molecule has 0 saturated heterocycles. The standard InChI is InChI=1S/C12H23NO3/c1-12(2)6-3-9(4-7-12)16-11(15)10(13)5-8-14/h9-10,14H,3-8,13H2,1-2H3/t10-/m0/s1. The summed E-state index contributed by atoms with van der Waals surface area (Å²) in [5.41, 5.74) is 5.93. The van der Waals surface area contributed by atoms with E-state index in [0.717, 1.165) is 25.7 Å². The molecule has 4 nitrogen and oxygen atoms in total. The lowest BCUT2D eigenvalue weighted by Crippen LogP contribution is -2.37. The van der Waals surface area contributed by atoms with Gasteiger partial charge in [-0.2, -0.15) is 0 Å². The molecule has 3 N–H and O–H groups in total. The molecule has 1 aliphatic rings. The fraction of sp³-hybridized carbons (Fsp3) is 0.917. The van der Waals surface area contributed by atoms with Crippen LogP contribution >= 0.6 is 0 Å². The van der Waals surface area contributed by atoms with Crippen LogP contribution < -0.4 is 5.73 Å². The van der Waals surface area contributed by atoms with E-state index in [0.29, 0.717) is 5.41 Å². The van der Waals surface area contributed by atoms with E-state index in [-0.39, 0.29) is 25.1 Å². The zero-order valence-corrected chi connectivity index (χ0v) is 10.2. The van der Waals surface area contributed by atoms with Crippen LogP contribution in [0.25, 0.3) is 0 Å². The average molecular weight is 229 g/mol. The van der Waals surface area contributed by atoms with Crippen LogP contribution in [-0.2, 0) is 9.53 Å². The number of carbonyl (C=O) groups excluding carboxylic acids is 1. The molecule has 94 valence electrons. The van der Waals surface area contributed by atoms with E-state index >= 15 is 0 Å². The zero-order chi connectivity index (χ0) is 12.2. The van der Waals surface area contributed by atoms with Crippen molar-refractivity contribution in [2.75, 3.05) is 6.61 Å². The lowest BCUT2D eigenvalue weighted by Gasteiger charge is -2.34. The first-order valence-corrected chi connectivity index (χ1v) is 6.01. The van der Waals surface area contributed by atoms with Crippen LogP contribution in [-0.4, -0.2) is 29.8 Å². The number of nitrogens with two attached hydrogens (primary N) is 1. The minimum Gasteiger partial charge on any atom is -0.461 e. The Morgan fingerprint density at radius 3 is 2.56 bits per heavy atom. The highest BCUT2D eigenvalue weighted by atomic mass is 16.5. The molecule has 0 aromatic heterocycles. The molecular weight excluding hydrogens is 206 g/mol. The van der Waals surface area contributed by atoms with Gasteiger partial charge >= 0.3 is 5.97 Å². The van der Waals surface area contributed by atoms with Gasteiger partial charge in [0.05, 0.1) is 0 Å². The van der Waals surface area contributed by atoms with E-state index in [1.165, 1.54) is 0 Å². The minimum atomic E-state index is -0.681. The number of carbonyl (C=O) groups is 1. The van der Waals surface area contributed by atoms with Gasteiger partial charge in [0, 0.05) is 6.61 Å². The Kier molecular flexibility index (Phi) is 4.74. The van der Waals surface area contributed by atoms with Gasteiger partial charge in [0.15, 0.2) is 0 Å². The van der Waals surface area contributed by atoms with Gasteiger partial charge in [-0.05, 0) is 37.5 Å². The average Bonchev–Trinajstić information content (AvgIpc) is 2.21. The van der Waals surface area contributed by atoms with Gasteiger partial charge < -0.3 is 15.6 Å². The molecule has 0 radical (unpaired) electrons. The first-order valence-electron chi connectivity index (χ1n) is 6.01. The van der Waals surface area contributed by atoms with E-state index in [1.54, 1.807) is 0 Å². The highest BCUT2D eigenvalue weighted by molar-refractivity contribution is 5.75. The predicted octanol–water partition coefficient (Wildman–Crippen LogP) is 1.21. The van der Waals surface area contributed by atoms with Crippen LogP contribution in [0.5, 0.6) is 0 Å². The second-order valence-corrected chi connectivity index (χ2v) is 5.42. The lowest BCUT2D eigenvalue weighted by atomic mass is 9.76. The van der Waals surface area contributed by atoms with Gasteiger partial charge in [0.2, 0.25) is 0 Å². The molecular formula is C12H23NO3. The summed E-state index contributed by atoms with van der Waals surface area (Å²) in [6.45, 7) is 4.40. The summed E-state index contributed by atoms with van der Waals surface area (Å²) in [5.74, 6) is -0.376. The number of aliphatic hydroxyl groups is 1. The summed E-state index contributed by atoms with van der Waals surface area (Å²) in [4.78, 5) is 11.5. The molecule has 0 amide bonds. The SMILES string of the molecule is CC1(C)CCC(OC(=O)[C@@H](N)CCO)CC1. The quantitative estimate of drug-likeness (QED) is 0.711. The van der Waals surface area contributed by atoms with Crippen molar-refractivity contribution < 1.29 is 14.6 Å². The molecule has 0 aromatic carbocycles. The Balaban J connectivity index is 2.31. The molecule has 0 aliphatic heterocycles. The summed E-state index contributed by atoms with van der Waals surface area (Å²) in [6, 6.07) is -0.681. The fourth-order valence-corrected chi connectivity index (χ4v) is 2.00. The maximum Gasteiger partial charge on any atom is 0.323 e. The predicted molar refractivity (Wildman–Crippen MR) is 61.8 cm³/mol. The van der Waals surface area contributed by atoms with Gasteiger partial charge in [-0.3, -0.25) is 4.79 Å². The molecule has 16 heavy (non-hydrogen) atoms. The number of rotatable bonds is 4. The van der Waals surface area contributed by atoms with E-state index in [2.05, 4.69) is 13.8 Å². The van der Waals surface area contributed by atoms with Crippen LogP contribution in [0.2, 0.25) is 0 Å². The zero-order valence-electron chi connectivity index (χ0n) is 10.2. The van der Waals surface area contributed by atoms with E-state index < -0.39 is 6.04 Å². The molecule has 0 heterocycles. The van der Waals surface area contributed by atoms with Crippen molar-refractivity contribution >= 4 is 5.97 Å². The first-order chi connectivity index (χ1) is 7.44. The van der Waals surface area contributed by atoms with Crippen molar-refractivity contribution in [3.05, 3.63) is 0 Å². The van der Waals surface area contributed by atoms with Crippen molar-refractivity contribution in [3.8, 4) is 0 Å². The largest absolute Gasteiger partial charge is 0.461 e. The summed E-state index contributed by atoms with van der Waals surface area (Å²) >= 11 is 0. The third-order valence-electron chi connectivity index (χ3n) is 3.31. The molecule has 0 bridgehead atoms. The maximum absolute atomic E-state index is 11.5. The Morgan fingerprint density at radius 1 is 1.50 bits per heavy atom. The maximum atomic E-state index is 11.5. The number of ether oxygens (including phenoxy) is 1. The Labute approximate surface area is 97.2 Å². The monoisotopic (exact) mass is 229 g/mol. The van der Waals surface area contributed by atoms with E-state index in [4.69, 9.17) is 15.6 Å². The van der Waals surface area contributed by atoms with Gasteiger partial charge in [-0.1, -0.05) is 13.8 Å². The molecule has 1 saturated carbocycles. The van der Waals surface area contributed by atoms with Crippen LogP contribution in [0.4, 0.5) is 0 Å². The fourth-order valence-electron chi connectivity index (χ4n) is 2.00. The molecule has 0 unspecified atom stereocenters. The van der Waals surface area contributed by atoms with Crippen molar-refractivity contribution in [1.82, 2.24) is 0 Å². The van der Waals surface area contributed by atoms with Crippen molar-refractivity contribution in [1.29, 1.82) is 0 Å². The number of aliphatic hydroxyl groups excluding tert-OH is 1. The number of esters is 1. The number of hydrogen-bond donors (Lipinski definition) is 2. The molecule has 1 rings (SSSR count). The Hall–Kier alpha value is -0.610. The topological polar surface area (TPSA) is 72.5 Å². The summed E-state index contributed by atoms with van der Waals surface area (Å²) in [7, 11) is 0. The van der Waals surface area contributed by atoms with Gasteiger partial charge in [0.25, 0.3) is 0 Å².